The van der Waals surface area contributed by atoms with E-state index < -0.39 is 0 Å². The summed E-state index contributed by atoms with van der Waals surface area (Å²) in [6.45, 7) is 9.11. The molecule has 3 heteroatoms. The number of rotatable bonds is 2. The first-order valence-corrected chi connectivity index (χ1v) is 4.84. The summed E-state index contributed by atoms with van der Waals surface area (Å²) in [6.07, 6.45) is 2.49. The van der Waals surface area contributed by atoms with Gasteiger partial charge in [-0.3, -0.25) is 4.90 Å². The van der Waals surface area contributed by atoms with Gasteiger partial charge < -0.3 is 4.74 Å². The van der Waals surface area contributed by atoms with E-state index in [0.717, 1.165) is 19.6 Å². The van der Waals surface area contributed by atoms with Gasteiger partial charge >= 0.3 is 0 Å². The fourth-order valence-electron chi connectivity index (χ4n) is 1.54. The van der Waals surface area contributed by atoms with E-state index in [1.54, 1.807) is 0 Å². The van der Waals surface area contributed by atoms with Crippen LogP contribution in [0, 0.1) is 0 Å². The molecule has 2 radical (unpaired) electrons. The van der Waals surface area contributed by atoms with Gasteiger partial charge in [-0.05, 0) is 20.8 Å². The Labute approximate surface area is 82.4 Å². The summed E-state index contributed by atoms with van der Waals surface area (Å²) >= 11 is 0. The maximum absolute atomic E-state index is 5.74. The van der Waals surface area contributed by atoms with Crippen molar-refractivity contribution in [1.29, 1.82) is 0 Å². The highest BCUT2D eigenvalue weighted by Gasteiger charge is 2.20. The zero-order valence-electron chi connectivity index (χ0n) is 8.79. The van der Waals surface area contributed by atoms with Gasteiger partial charge in [0.25, 0.3) is 0 Å². The molecule has 0 aromatic heterocycles. The Morgan fingerprint density at radius 3 is 2.77 bits per heavy atom. The number of ether oxygens (including phenoxy) is 1. The Morgan fingerprint density at radius 1 is 1.54 bits per heavy atom. The number of allylic oxidation sites excluding steroid dienone is 1. The van der Waals surface area contributed by atoms with Crippen molar-refractivity contribution >= 4 is 7.85 Å². The molecular formula is C10H18BNO. The van der Waals surface area contributed by atoms with E-state index in [9.17, 15) is 0 Å². The Balaban J connectivity index is 2.37. The fourth-order valence-corrected chi connectivity index (χ4v) is 1.54. The van der Waals surface area contributed by atoms with Gasteiger partial charge in [0.2, 0.25) is 0 Å². The van der Waals surface area contributed by atoms with Crippen molar-refractivity contribution in [1.82, 2.24) is 4.90 Å². The third-order valence-electron chi connectivity index (χ3n) is 2.12. The highest BCUT2D eigenvalue weighted by Crippen LogP contribution is 2.08. The molecule has 2 nitrogen and oxygen atoms in total. The summed E-state index contributed by atoms with van der Waals surface area (Å²) in [6, 6.07) is -0.116. The largest absolute Gasteiger partial charge is 0.382 e. The SMILES string of the molecule is [B]C1CN(CC=C(C)C)CC(C)O1. The molecule has 0 aliphatic carbocycles. The Kier molecular flexibility index (Phi) is 4.01. The number of morpholine rings is 1. The molecule has 2 unspecified atom stereocenters. The van der Waals surface area contributed by atoms with Crippen LogP contribution in [-0.4, -0.2) is 44.5 Å². The maximum atomic E-state index is 5.74. The van der Waals surface area contributed by atoms with E-state index in [0.29, 0.717) is 0 Å². The first kappa shape index (κ1) is 10.8. The molecule has 0 amide bonds. The summed E-state index contributed by atoms with van der Waals surface area (Å²) in [7, 11) is 5.74. The minimum Gasteiger partial charge on any atom is -0.382 e. The maximum Gasteiger partial charge on any atom is 0.110 e. The molecule has 0 saturated carbocycles. The van der Waals surface area contributed by atoms with Crippen LogP contribution in [0.5, 0.6) is 0 Å². The van der Waals surface area contributed by atoms with Crippen molar-refractivity contribution in [2.45, 2.75) is 32.9 Å². The number of hydrogen-bond acceptors (Lipinski definition) is 2. The van der Waals surface area contributed by atoms with Gasteiger partial charge in [0.1, 0.15) is 7.85 Å². The molecule has 1 saturated heterocycles. The van der Waals surface area contributed by atoms with Crippen LogP contribution < -0.4 is 0 Å². The van der Waals surface area contributed by atoms with E-state index in [-0.39, 0.29) is 12.1 Å². The van der Waals surface area contributed by atoms with Crippen molar-refractivity contribution in [3.8, 4) is 0 Å². The van der Waals surface area contributed by atoms with Gasteiger partial charge in [0.05, 0.1) is 6.10 Å². The molecular weight excluding hydrogens is 161 g/mol. The summed E-state index contributed by atoms with van der Waals surface area (Å²) in [5, 5.41) is 0. The number of nitrogens with zero attached hydrogens (tertiary/aromatic N) is 1. The third-order valence-corrected chi connectivity index (χ3v) is 2.12. The van der Waals surface area contributed by atoms with Crippen molar-refractivity contribution in [3.05, 3.63) is 11.6 Å². The lowest BCUT2D eigenvalue weighted by Crippen LogP contribution is -2.46. The van der Waals surface area contributed by atoms with Gasteiger partial charge in [-0.25, -0.2) is 0 Å². The molecule has 0 aromatic carbocycles. The molecule has 1 heterocycles. The molecule has 0 N–H and O–H groups in total. The van der Waals surface area contributed by atoms with Crippen LogP contribution in [0.2, 0.25) is 0 Å². The van der Waals surface area contributed by atoms with Crippen LogP contribution in [0.3, 0.4) is 0 Å². The minimum atomic E-state index is -0.116. The van der Waals surface area contributed by atoms with Crippen LogP contribution in [-0.2, 0) is 4.74 Å². The van der Waals surface area contributed by atoms with Crippen LogP contribution in [0.15, 0.2) is 11.6 Å². The highest BCUT2D eigenvalue weighted by atomic mass is 16.5. The Hall–Kier alpha value is -0.275. The first-order valence-electron chi connectivity index (χ1n) is 4.84. The molecule has 0 aromatic rings. The average Bonchev–Trinajstić information content (AvgIpc) is 1.99. The lowest BCUT2D eigenvalue weighted by atomic mass is 9.97. The van der Waals surface area contributed by atoms with Crippen LogP contribution in [0.1, 0.15) is 20.8 Å². The minimum absolute atomic E-state index is 0.116. The van der Waals surface area contributed by atoms with Gasteiger partial charge in [0, 0.05) is 25.6 Å². The summed E-state index contributed by atoms with van der Waals surface area (Å²) < 4.78 is 5.44. The second-order valence-corrected chi connectivity index (χ2v) is 3.99. The summed E-state index contributed by atoms with van der Waals surface area (Å²) in [5.41, 5.74) is 1.35. The van der Waals surface area contributed by atoms with Crippen molar-refractivity contribution in [2.24, 2.45) is 0 Å². The normalized spacial score (nSPS) is 30.1. The Morgan fingerprint density at radius 2 is 2.23 bits per heavy atom. The van der Waals surface area contributed by atoms with Gasteiger partial charge in [-0.2, -0.15) is 0 Å². The zero-order valence-corrected chi connectivity index (χ0v) is 8.79. The second-order valence-electron chi connectivity index (χ2n) is 3.99. The molecule has 1 fully saturated rings. The van der Waals surface area contributed by atoms with E-state index in [2.05, 4.69) is 31.7 Å². The van der Waals surface area contributed by atoms with Gasteiger partial charge in [-0.1, -0.05) is 11.6 Å². The number of hydrogen-bond donors (Lipinski definition) is 0. The van der Waals surface area contributed by atoms with E-state index in [4.69, 9.17) is 12.6 Å². The smallest absolute Gasteiger partial charge is 0.110 e. The predicted molar refractivity (Wildman–Crippen MR) is 56.0 cm³/mol. The molecule has 1 aliphatic rings. The topological polar surface area (TPSA) is 12.5 Å². The summed E-state index contributed by atoms with van der Waals surface area (Å²) in [5.74, 6) is 0. The van der Waals surface area contributed by atoms with E-state index in [1.165, 1.54) is 5.57 Å². The van der Waals surface area contributed by atoms with Crippen LogP contribution in [0.4, 0.5) is 0 Å². The monoisotopic (exact) mass is 179 g/mol. The summed E-state index contributed by atoms with van der Waals surface area (Å²) in [4.78, 5) is 2.33. The van der Waals surface area contributed by atoms with Crippen molar-refractivity contribution < 1.29 is 4.74 Å². The lowest BCUT2D eigenvalue weighted by Gasteiger charge is -2.35. The molecule has 13 heavy (non-hydrogen) atoms. The fraction of sp³-hybridized carbons (Fsp3) is 0.800. The Bertz CT molecular complexity index is 179. The highest BCUT2D eigenvalue weighted by molar-refractivity contribution is 6.11. The third kappa shape index (κ3) is 3.96. The van der Waals surface area contributed by atoms with E-state index in [1.807, 2.05) is 0 Å². The average molecular weight is 179 g/mol. The standard InChI is InChI=1S/C10H18BNO/c1-8(2)4-5-12-6-9(3)13-10(11)7-12/h4,9-10H,5-7H2,1-3H3. The lowest BCUT2D eigenvalue weighted by molar-refractivity contribution is -0.0361. The molecule has 1 aliphatic heterocycles. The molecule has 0 spiro atoms. The molecule has 1 rings (SSSR count). The van der Waals surface area contributed by atoms with E-state index >= 15 is 0 Å². The quantitative estimate of drug-likeness (QED) is 0.466. The second kappa shape index (κ2) is 4.82. The molecule has 0 bridgehead atoms. The molecule has 2 atom stereocenters. The van der Waals surface area contributed by atoms with Crippen LogP contribution in [0.25, 0.3) is 0 Å². The van der Waals surface area contributed by atoms with Crippen LogP contribution >= 0.6 is 0 Å². The van der Waals surface area contributed by atoms with Gasteiger partial charge in [-0.15, -0.1) is 0 Å². The van der Waals surface area contributed by atoms with Gasteiger partial charge in [0.15, 0.2) is 0 Å². The molecule has 72 valence electrons. The zero-order chi connectivity index (χ0) is 9.84. The van der Waals surface area contributed by atoms with Crippen molar-refractivity contribution in [2.75, 3.05) is 19.6 Å². The predicted octanol–water partition coefficient (Wildman–Crippen LogP) is 1.17. The first-order chi connectivity index (χ1) is 6.08. The van der Waals surface area contributed by atoms with Crippen molar-refractivity contribution in [3.63, 3.8) is 0 Å².